The van der Waals surface area contributed by atoms with Crippen LogP contribution in [0.3, 0.4) is 0 Å². The van der Waals surface area contributed by atoms with E-state index in [9.17, 15) is 10.1 Å². The maximum absolute atomic E-state index is 11.2. The molecule has 0 saturated carbocycles. The van der Waals surface area contributed by atoms with Crippen molar-refractivity contribution < 1.29 is 9.66 Å². The predicted octanol–water partition coefficient (Wildman–Crippen LogP) is 5.49. The summed E-state index contributed by atoms with van der Waals surface area (Å²) in [7, 11) is 0. The number of hydrogen-bond donors (Lipinski definition) is 0. The first kappa shape index (κ1) is 18.4. The van der Waals surface area contributed by atoms with Gasteiger partial charge in [0.2, 0.25) is 0 Å². The molecule has 1 aromatic heterocycles. The van der Waals surface area contributed by atoms with Crippen LogP contribution in [0, 0.1) is 10.1 Å². The van der Waals surface area contributed by atoms with Gasteiger partial charge in [0, 0.05) is 24.4 Å². The number of nitro benzene ring substituents is 1. The molecule has 0 unspecified atom stereocenters. The quantitative estimate of drug-likeness (QED) is 0.322. The lowest BCUT2D eigenvalue weighted by Crippen LogP contribution is -2.17. The molecule has 0 radical (unpaired) electrons. The number of para-hydroxylation sites is 1. The molecule has 0 spiro atoms. The summed E-state index contributed by atoms with van der Waals surface area (Å²) in [6, 6.07) is 21.8. The molecule has 0 atom stereocenters. The number of aromatic nitrogens is 2. The highest BCUT2D eigenvalue weighted by Crippen LogP contribution is 2.32. The summed E-state index contributed by atoms with van der Waals surface area (Å²) in [5.41, 5.74) is 1.57. The Balaban J connectivity index is 1.68. The Kier molecular flexibility index (Phi) is 5.03. The van der Waals surface area contributed by atoms with Gasteiger partial charge in [-0.25, -0.2) is 9.97 Å². The van der Waals surface area contributed by atoms with E-state index in [2.05, 4.69) is 9.97 Å². The maximum atomic E-state index is 11.2. The van der Waals surface area contributed by atoms with Gasteiger partial charge in [0.05, 0.1) is 15.8 Å². The number of hydrogen-bond acceptors (Lipinski definition) is 6. The third-order valence-corrected chi connectivity index (χ3v) is 4.51. The molecule has 0 fully saturated rings. The molecule has 29 heavy (non-hydrogen) atoms. The van der Waals surface area contributed by atoms with Gasteiger partial charge in [-0.15, -0.1) is 0 Å². The standard InChI is InChI=1S/C22H18N4O3/c1-2-25(16-8-11-19(12-9-16)29-18-6-4-3-5-7-18)22-20-14-17(26(27)28)10-13-21(20)23-15-24-22/h3-15H,2H2,1H3. The van der Waals surface area contributed by atoms with Gasteiger partial charge in [0.15, 0.2) is 0 Å². The minimum atomic E-state index is -0.414. The number of nitrogens with zero attached hydrogens (tertiary/aromatic N) is 4. The third-order valence-electron chi connectivity index (χ3n) is 4.51. The molecule has 7 heteroatoms. The molecule has 0 aliphatic heterocycles. The van der Waals surface area contributed by atoms with Gasteiger partial charge >= 0.3 is 0 Å². The van der Waals surface area contributed by atoms with Crippen LogP contribution in [0.2, 0.25) is 0 Å². The van der Waals surface area contributed by atoms with Gasteiger partial charge < -0.3 is 9.64 Å². The second-order valence-corrected chi connectivity index (χ2v) is 6.31. The van der Waals surface area contributed by atoms with Crippen molar-refractivity contribution in [3.63, 3.8) is 0 Å². The average Bonchev–Trinajstić information content (AvgIpc) is 2.76. The zero-order valence-electron chi connectivity index (χ0n) is 15.7. The number of anilines is 2. The Hall–Kier alpha value is -4.00. The third kappa shape index (κ3) is 3.84. The molecule has 0 aliphatic carbocycles. The maximum Gasteiger partial charge on any atom is 0.270 e. The molecule has 4 rings (SSSR count). The fraction of sp³-hybridized carbons (Fsp3) is 0.0909. The largest absolute Gasteiger partial charge is 0.457 e. The van der Waals surface area contributed by atoms with Crippen LogP contribution < -0.4 is 9.64 Å². The first-order valence-corrected chi connectivity index (χ1v) is 9.15. The Morgan fingerprint density at radius 1 is 0.966 bits per heavy atom. The zero-order chi connectivity index (χ0) is 20.2. The lowest BCUT2D eigenvalue weighted by atomic mass is 10.2. The van der Waals surface area contributed by atoms with Crippen molar-refractivity contribution in [2.24, 2.45) is 0 Å². The SMILES string of the molecule is CCN(c1ccc(Oc2ccccc2)cc1)c1ncnc2ccc([N+](=O)[O-])cc12. The lowest BCUT2D eigenvalue weighted by Gasteiger charge is -2.23. The molecule has 7 nitrogen and oxygen atoms in total. The fourth-order valence-electron chi connectivity index (χ4n) is 3.13. The van der Waals surface area contributed by atoms with Gasteiger partial charge in [0.25, 0.3) is 5.69 Å². The van der Waals surface area contributed by atoms with Crippen LogP contribution >= 0.6 is 0 Å². The molecule has 144 valence electrons. The van der Waals surface area contributed by atoms with Crippen molar-refractivity contribution in [2.45, 2.75) is 6.92 Å². The Morgan fingerprint density at radius 3 is 2.38 bits per heavy atom. The van der Waals surface area contributed by atoms with Crippen LogP contribution in [0.4, 0.5) is 17.2 Å². The average molecular weight is 386 g/mol. The van der Waals surface area contributed by atoms with Crippen molar-refractivity contribution in [3.8, 4) is 11.5 Å². The second kappa shape index (κ2) is 7.93. The van der Waals surface area contributed by atoms with Gasteiger partial charge in [-0.05, 0) is 49.4 Å². The van der Waals surface area contributed by atoms with E-state index in [1.165, 1.54) is 18.5 Å². The van der Waals surface area contributed by atoms with Crippen molar-refractivity contribution in [1.29, 1.82) is 0 Å². The number of fused-ring (bicyclic) bond motifs is 1. The summed E-state index contributed by atoms with van der Waals surface area (Å²) >= 11 is 0. The van der Waals surface area contributed by atoms with E-state index in [1.54, 1.807) is 6.07 Å². The zero-order valence-corrected chi connectivity index (χ0v) is 15.7. The van der Waals surface area contributed by atoms with Crippen LogP contribution in [0.5, 0.6) is 11.5 Å². The molecule has 3 aromatic carbocycles. The predicted molar refractivity (Wildman–Crippen MR) is 112 cm³/mol. The second-order valence-electron chi connectivity index (χ2n) is 6.31. The Labute approximate surface area is 167 Å². The number of non-ortho nitro benzene ring substituents is 1. The molecule has 0 bridgehead atoms. The summed E-state index contributed by atoms with van der Waals surface area (Å²) < 4.78 is 5.85. The van der Waals surface area contributed by atoms with Crippen LogP contribution in [0.15, 0.2) is 79.1 Å². The van der Waals surface area contributed by atoms with Crippen LogP contribution in [0.1, 0.15) is 6.92 Å². The van der Waals surface area contributed by atoms with Gasteiger partial charge in [-0.3, -0.25) is 10.1 Å². The number of rotatable bonds is 6. The normalized spacial score (nSPS) is 10.7. The highest BCUT2D eigenvalue weighted by Gasteiger charge is 2.16. The van der Waals surface area contributed by atoms with E-state index in [1.807, 2.05) is 66.4 Å². The summed E-state index contributed by atoms with van der Waals surface area (Å²) in [4.78, 5) is 21.4. The van der Waals surface area contributed by atoms with E-state index in [0.717, 1.165) is 17.2 Å². The topological polar surface area (TPSA) is 81.4 Å². The van der Waals surface area contributed by atoms with E-state index in [-0.39, 0.29) is 5.69 Å². The molecular formula is C22H18N4O3. The number of benzene rings is 3. The van der Waals surface area contributed by atoms with Crippen molar-refractivity contribution in [3.05, 3.63) is 89.2 Å². The van der Waals surface area contributed by atoms with E-state index in [4.69, 9.17) is 4.74 Å². The first-order chi connectivity index (χ1) is 14.2. The summed E-state index contributed by atoms with van der Waals surface area (Å²) in [6.07, 6.45) is 1.47. The van der Waals surface area contributed by atoms with Crippen molar-refractivity contribution in [2.75, 3.05) is 11.4 Å². The minimum Gasteiger partial charge on any atom is -0.457 e. The fourth-order valence-corrected chi connectivity index (χ4v) is 3.13. The van der Waals surface area contributed by atoms with Crippen molar-refractivity contribution in [1.82, 2.24) is 9.97 Å². The van der Waals surface area contributed by atoms with E-state index >= 15 is 0 Å². The van der Waals surface area contributed by atoms with E-state index < -0.39 is 4.92 Å². The monoisotopic (exact) mass is 386 g/mol. The molecule has 0 aliphatic rings. The smallest absolute Gasteiger partial charge is 0.270 e. The summed E-state index contributed by atoms with van der Waals surface area (Å²) in [5.74, 6) is 2.11. The van der Waals surface area contributed by atoms with Crippen LogP contribution in [0.25, 0.3) is 10.9 Å². The molecular weight excluding hydrogens is 368 g/mol. The molecule has 0 saturated heterocycles. The molecule has 4 aromatic rings. The number of ether oxygens (including phenoxy) is 1. The molecule has 0 N–H and O–H groups in total. The minimum absolute atomic E-state index is 0.0104. The van der Waals surface area contributed by atoms with Gasteiger partial charge in [0.1, 0.15) is 23.6 Å². The highest BCUT2D eigenvalue weighted by molar-refractivity contribution is 5.92. The lowest BCUT2D eigenvalue weighted by molar-refractivity contribution is -0.384. The van der Waals surface area contributed by atoms with Crippen LogP contribution in [-0.2, 0) is 0 Å². The van der Waals surface area contributed by atoms with E-state index in [0.29, 0.717) is 23.3 Å². The number of nitro groups is 1. The summed E-state index contributed by atoms with van der Waals surface area (Å²) in [6.45, 7) is 2.63. The Morgan fingerprint density at radius 2 is 1.69 bits per heavy atom. The van der Waals surface area contributed by atoms with Gasteiger partial charge in [-0.1, -0.05) is 18.2 Å². The first-order valence-electron chi connectivity index (χ1n) is 9.15. The van der Waals surface area contributed by atoms with Crippen LogP contribution in [-0.4, -0.2) is 21.4 Å². The highest BCUT2D eigenvalue weighted by atomic mass is 16.6. The van der Waals surface area contributed by atoms with Gasteiger partial charge in [-0.2, -0.15) is 0 Å². The molecule has 1 heterocycles. The summed E-state index contributed by atoms with van der Waals surface area (Å²) in [5, 5.41) is 11.8. The van der Waals surface area contributed by atoms with Crippen molar-refractivity contribution >= 4 is 28.1 Å². The molecule has 0 amide bonds. The Bertz CT molecular complexity index is 1150.